The summed E-state index contributed by atoms with van der Waals surface area (Å²) in [6, 6.07) is 0. The Hall–Kier alpha value is -0.780. The van der Waals surface area contributed by atoms with Gasteiger partial charge in [0, 0.05) is 19.6 Å². The van der Waals surface area contributed by atoms with Crippen LogP contribution in [0.15, 0.2) is 0 Å². The molecule has 1 aliphatic heterocycles. The van der Waals surface area contributed by atoms with E-state index in [0.29, 0.717) is 12.5 Å². The van der Waals surface area contributed by atoms with Crippen molar-refractivity contribution in [3.63, 3.8) is 0 Å². The Balaban J connectivity index is 1.97. The van der Waals surface area contributed by atoms with Crippen molar-refractivity contribution < 1.29 is 23.1 Å². The second kappa shape index (κ2) is 5.07. The van der Waals surface area contributed by atoms with Crippen LogP contribution in [-0.2, 0) is 4.79 Å². The first-order valence-electron chi connectivity index (χ1n) is 6.40. The third-order valence-corrected chi connectivity index (χ3v) is 4.12. The van der Waals surface area contributed by atoms with Crippen LogP contribution in [0.4, 0.5) is 13.2 Å². The van der Waals surface area contributed by atoms with E-state index >= 15 is 0 Å². The largest absolute Gasteiger partial charge is 0.481 e. The molecule has 0 aromatic carbocycles. The fraction of sp³-hybridized carbons (Fsp3) is 0.917. The maximum absolute atomic E-state index is 12.8. The predicted molar refractivity (Wildman–Crippen MR) is 59.1 cm³/mol. The van der Waals surface area contributed by atoms with E-state index in [-0.39, 0.29) is 13.1 Å². The number of nitrogens with zero attached hydrogens (tertiary/aromatic N) is 1. The second-order valence-corrected chi connectivity index (χ2v) is 5.46. The van der Waals surface area contributed by atoms with Crippen LogP contribution in [0.1, 0.15) is 25.7 Å². The van der Waals surface area contributed by atoms with E-state index in [9.17, 15) is 18.0 Å². The van der Waals surface area contributed by atoms with Crippen molar-refractivity contribution >= 4 is 5.97 Å². The highest BCUT2D eigenvalue weighted by molar-refractivity contribution is 5.71. The summed E-state index contributed by atoms with van der Waals surface area (Å²) in [5.74, 6) is -3.89. The maximum atomic E-state index is 12.8. The lowest BCUT2D eigenvalue weighted by atomic mass is 9.96. The number of alkyl halides is 3. The molecule has 2 atom stereocenters. The van der Waals surface area contributed by atoms with E-state index in [2.05, 4.69) is 0 Å². The van der Waals surface area contributed by atoms with Gasteiger partial charge in [-0.15, -0.1) is 0 Å². The van der Waals surface area contributed by atoms with Crippen molar-refractivity contribution in [1.29, 1.82) is 0 Å². The molecule has 104 valence electrons. The lowest BCUT2D eigenvalue weighted by Crippen LogP contribution is -2.33. The van der Waals surface area contributed by atoms with Gasteiger partial charge in [-0.1, -0.05) is 12.8 Å². The minimum atomic E-state index is -4.41. The van der Waals surface area contributed by atoms with Crippen LogP contribution >= 0.6 is 0 Å². The van der Waals surface area contributed by atoms with Gasteiger partial charge in [0.15, 0.2) is 0 Å². The van der Waals surface area contributed by atoms with Gasteiger partial charge in [0.1, 0.15) is 0 Å². The fourth-order valence-corrected chi connectivity index (χ4v) is 3.17. The lowest BCUT2D eigenvalue weighted by Gasteiger charge is -2.20. The van der Waals surface area contributed by atoms with E-state index in [4.69, 9.17) is 5.11 Å². The molecule has 2 fully saturated rings. The van der Waals surface area contributed by atoms with Gasteiger partial charge in [0.05, 0.1) is 11.8 Å². The van der Waals surface area contributed by atoms with Gasteiger partial charge in [-0.05, 0) is 18.8 Å². The molecule has 0 aromatic heterocycles. The lowest BCUT2D eigenvalue weighted by molar-refractivity contribution is -0.188. The van der Waals surface area contributed by atoms with Gasteiger partial charge in [-0.25, -0.2) is 0 Å². The Morgan fingerprint density at radius 3 is 2.28 bits per heavy atom. The number of carbonyl (C=O) groups is 1. The molecular weight excluding hydrogens is 247 g/mol. The molecule has 0 bridgehead atoms. The molecule has 1 saturated carbocycles. The summed E-state index contributed by atoms with van der Waals surface area (Å²) < 4.78 is 38.3. The number of halogens is 3. The predicted octanol–water partition coefficient (Wildman–Crippen LogP) is 2.37. The molecule has 0 spiro atoms. The summed E-state index contributed by atoms with van der Waals surface area (Å²) in [5, 5.41) is 8.90. The Kier molecular flexibility index (Phi) is 3.84. The maximum Gasteiger partial charge on any atom is 0.393 e. The third kappa shape index (κ3) is 2.96. The molecule has 2 aliphatic rings. The monoisotopic (exact) mass is 265 g/mol. The zero-order chi connectivity index (χ0) is 13.3. The van der Waals surface area contributed by atoms with Gasteiger partial charge in [0.2, 0.25) is 0 Å². The summed E-state index contributed by atoms with van der Waals surface area (Å²) in [5.41, 5.74) is 0. The van der Waals surface area contributed by atoms with Crippen LogP contribution in [-0.4, -0.2) is 41.8 Å². The molecule has 1 N–H and O–H groups in total. The smallest absolute Gasteiger partial charge is 0.393 e. The molecule has 1 saturated heterocycles. The molecule has 1 aliphatic carbocycles. The van der Waals surface area contributed by atoms with E-state index in [1.165, 1.54) is 0 Å². The van der Waals surface area contributed by atoms with Crippen LogP contribution < -0.4 is 0 Å². The average molecular weight is 265 g/mol. The first-order valence-corrected chi connectivity index (χ1v) is 6.40. The SMILES string of the molecule is O=C(O)[C@@H]1CN(CC2CCCC2)C[C@H]1C(F)(F)F. The van der Waals surface area contributed by atoms with Crippen molar-refractivity contribution in [2.75, 3.05) is 19.6 Å². The van der Waals surface area contributed by atoms with Crippen molar-refractivity contribution in [3.05, 3.63) is 0 Å². The molecule has 6 heteroatoms. The first-order chi connectivity index (χ1) is 8.38. The first kappa shape index (κ1) is 13.6. The van der Waals surface area contributed by atoms with Gasteiger partial charge in [-0.2, -0.15) is 13.2 Å². The number of carboxylic acids is 1. The minimum absolute atomic E-state index is 0.0377. The van der Waals surface area contributed by atoms with Gasteiger partial charge >= 0.3 is 12.1 Å². The highest BCUT2D eigenvalue weighted by atomic mass is 19.4. The Morgan fingerprint density at radius 2 is 1.83 bits per heavy atom. The van der Waals surface area contributed by atoms with Crippen molar-refractivity contribution in [2.24, 2.45) is 17.8 Å². The second-order valence-electron chi connectivity index (χ2n) is 5.46. The molecule has 2 rings (SSSR count). The van der Waals surface area contributed by atoms with E-state index in [1.54, 1.807) is 4.90 Å². The molecule has 0 radical (unpaired) electrons. The van der Waals surface area contributed by atoms with Crippen molar-refractivity contribution in [3.8, 4) is 0 Å². The minimum Gasteiger partial charge on any atom is -0.481 e. The molecule has 0 amide bonds. The Labute approximate surface area is 104 Å². The molecule has 1 heterocycles. The van der Waals surface area contributed by atoms with Gasteiger partial charge in [0.25, 0.3) is 0 Å². The average Bonchev–Trinajstić information content (AvgIpc) is 2.85. The van der Waals surface area contributed by atoms with E-state index < -0.39 is 24.0 Å². The number of carboxylic acid groups (broad SMARTS) is 1. The number of rotatable bonds is 3. The third-order valence-electron chi connectivity index (χ3n) is 4.12. The summed E-state index contributed by atoms with van der Waals surface area (Å²) in [6.07, 6.45) is -0.00351. The van der Waals surface area contributed by atoms with Crippen LogP contribution in [0.3, 0.4) is 0 Å². The topological polar surface area (TPSA) is 40.5 Å². The van der Waals surface area contributed by atoms with Crippen LogP contribution in [0.2, 0.25) is 0 Å². The Bertz CT molecular complexity index is 313. The Morgan fingerprint density at radius 1 is 1.22 bits per heavy atom. The van der Waals surface area contributed by atoms with Crippen molar-refractivity contribution in [1.82, 2.24) is 4.90 Å². The summed E-state index contributed by atoms with van der Waals surface area (Å²) in [7, 11) is 0. The molecular formula is C12H18F3NO2. The van der Waals surface area contributed by atoms with Gasteiger partial charge < -0.3 is 10.0 Å². The number of hydrogen-bond donors (Lipinski definition) is 1. The van der Waals surface area contributed by atoms with Crippen molar-refractivity contribution in [2.45, 2.75) is 31.9 Å². The fourth-order valence-electron chi connectivity index (χ4n) is 3.17. The molecule has 3 nitrogen and oxygen atoms in total. The normalized spacial score (nSPS) is 31.1. The zero-order valence-electron chi connectivity index (χ0n) is 10.1. The standard InChI is InChI=1S/C12H18F3NO2/c13-12(14,15)10-7-16(6-9(10)11(17)18)5-8-3-1-2-4-8/h8-10H,1-7H2,(H,17,18)/t9-,10-/m1/s1. The highest BCUT2D eigenvalue weighted by Gasteiger charge is 2.52. The molecule has 0 unspecified atom stereocenters. The highest BCUT2D eigenvalue weighted by Crippen LogP contribution is 2.38. The van der Waals surface area contributed by atoms with Crippen LogP contribution in [0.5, 0.6) is 0 Å². The van der Waals surface area contributed by atoms with E-state index in [1.807, 2.05) is 0 Å². The molecule has 18 heavy (non-hydrogen) atoms. The summed E-state index contributed by atoms with van der Waals surface area (Å²) >= 11 is 0. The van der Waals surface area contributed by atoms with E-state index in [0.717, 1.165) is 25.7 Å². The summed E-state index contributed by atoms with van der Waals surface area (Å²) in [4.78, 5) is 12.6. The summed E-state index contributed by atoms with van der Waals surface area (Å²) in [6.45, 7) is 0.503. The molecule has 0 aromatic rings. The van der Waals surface area contributed by atoms with Crippen LogP contribution in [0.25, 0.3) is 0 Å². The number of hydrogen-bond acceptors (Lipinski definition) is 2. The van der Waals surface area contributed by atoms with Crippen LogP contribution in [0, 0.1) is 17.8 Å². The number of aliphatic carboxylic acids is 1. The van der Waals surface area contributed by atoms with Gasteiger partial charge in [-0.3, -0.25) is 4.79 Å². The number of likely N-dealkylation sites (tertiary alicyclic amines) is 1. The zero-order valence-corrected chi connectivity index (χ0v) is 10.1. The quantitative estimate of drug-likeness (QED) is 0.851.